The first-order valence-electron chi connectivity index (χ1n) is 17.2. The molecule has 15 heteroatoms. The second-order valence-corrected chi connectivity index (χ2v) is 13.2. The van der Waals surface area contributed by atoms with Crippen LogP contribution in [0, 0.1) is 5.92 Å². The lowest BCUT2D eigenvalue weighted by atomic mass is 9.81. The maximum atomic E-state index is 13.4. The van der Waals surface area contributed by atoms with E-state index in [1.54, 1.807) is 12.1 Å². The van der Waals surface area contributed by atoms with Gasteiger partial charge in [0, 0.05) is 62.1 Å². The lowest BCUT2D eigenvalue weighted by molar-refractivity contribution is -0.140. The van der Waals surface area contributed by atoms with Crippen LogP contribution in [0.5, 0.6) is 11.5 Å². The highest BCUT2D eigenvalue weighted by atomic mass is 35.5. The van der Waals surface area contributed by atoms with Crippen molar-refractivity contribution in [3.63, 3.8) is 0 Å². The number of rotatable bonds is 12. The molecule has 6 rings (SSSR count). The summed E-state index contributed by atoms with van der Waals surface area (Å²) < 4.78 is 11.3. The number of benzene rings is 2. The summed E-state index contributed by atoms with van der Waals surface area (Å²) in [6.45, 7) is 11.0. The number of fused-ring (bicyclic) bond motifs is 5. The van der Waals surface area contributed by atoms with Crippen LogP contribution in [0.3, 0.4) is 0 Å². The molecule has 2 saturated heterocycles. The van der Waals surface area contributed by atoms with Gasteiger partial charge in [0.15, 0.2) is 0 Å². The second kappa shape index (κ2) is 18.9. The van der Waals surface area contributed by atoms with E-state index in [4.69, 9.17) is 19.7 Å². The van der Waals surface area contributed by atoms with Gasteiger partial charge in [-0.05, 0) is 63.8 Å². The Morgan fingerprint density at radius 1 is 0.808 bits per heavy atom. The minimum absolute atomic E-state index is 0. The summed E-state index contributed by atoms with van der Waals surface area (Å²) >= 11 is 0. The summed E-state index contributed by atoms with van der Waals surface area (Å²) in [5.74, 6) is -1.96. The number of epoxide rings is 1. The number of allylic oxidation sites excluding steroid dienone is 2. The van der Waals surface area contributed by atoms with E-state index in [2.05, 4.69) is 47.8 Å². The number of aliphatic hydroxyl groups excluding tert-OH is 2. The lowest BCUT2D eigenvalue weighted by Crippen LogP contribution is -2.28. The van der Waals surface area contributed by atoms with Crippen LogP contribution in [-0.2, 0) is 14.3 Å². The number of ketones is 2. The predicted molar refractivity (Wildman–Crippen MR) is 202 cm³/mol. The zero-order valence-corrected chi connectivity index (χ0v) is 31.1. The molecule has 2 aromatic carbocycles. The van der Waals surface area contributed by atoms with Crippen LogP contribution in [0.25, 0.3) is 0 Å². The van der Waals surface area contributed by atoms with Gasteiger partial charge >= 0.3 is 5.97 Å². The number of esters is 1. The molecule has 286 valence electrons. The van der Waals surface area contributed by atoms with Crippen LogP contribution in [0.1, 0.15) is 71.4 Å². The van der Waals surface area contributed by atoms with Crippen LogP contribution < -0.4 is 21.3 Å². The van der Waals surface area contributed by atoms with Gasteiger partial charge < -0.3 is 51.2 Å². The van der Waals surface area contributed by atoms with E-state index in [0.717, 1.165) is 25.7 Å². The number of carbonyl (C=O) groups is 3. The SMILES string of the molecule is C=C1C(=O)OC2C1CCC(C)=CCCC1(C)OC21.Cl.Cl.O=C1c2c(O)ccc(O)c2C(=O)c2c(NCCNCCO)ccc(NCCNCCO)c21. The molecule has 4 atom stereocenters. The van der Waals surface area contributed by atoms with E-state index in [9.17, 15) is 24.6 Å². The molecule has 0 saturated carbocycles. The Hall–Kier alpha value is -3.69. The predicted octanol–water partition coefficient (Wildman–Crippen LogP) is 3.47. The van der Waals surface area contributed by atoms with Crippen molar-refractivity contribution in [1.82, 2.24) is 10.6 Å². The number of aliphatic hydroxyl groups is 2. The van der Waals surface area contributed by atoms with E-state index in [-0.39, 0.29) is 101 Å². The molecule has 0 radical (unpaired) electrons. The Morgan fingerprint density at radius 3 is 1.83 bits per heavy atom. The summed E-state index contributed by atoms with van der Waals surface area (Å²) in [5.41, 5.74) is 2.59. The number of phenolic OH excluding ortho intramolecular Hbond substituents is 2. The van der Waals surface area contributed by atoms with Crippen molar-refractivity contribution in [2.45, 2.75) is 57.3 Å². The standard InChI is InChI=1S/C22H28N4O6.C15H20O3.2ClH/c27-11-9-23-5-7-25-13-1-2-14(26-8-6-24-10-12-28)18-17(13)21(31)19-15(29)3-4-16(30)20(19)22(18)32;1-9-5-4-8-15(3)13(18-15)12-11(7-6-9)10(2)14(16)17-12;;/h1-4,23-30H,5-12H2;5,11-13H,2,4,6-8H2,1,3H3;2*1H. The Bertz CT molecular complexity index is 1590. The highest BCUT2D eigenvalue weighted by Gasteiger charge is 2.61. The smallest absolute Gasteiger partial charge is 0.334 e. The van der Waals surface area contributed by atoms with E-state index in [1.807, 2.05) is 0 Å². The quantitative estimate of drug-likeness (QED) is 0.0333. The third-order valence-corrected chi connectivity index (χ3v) is 9.66. The molecule has 13 nitrogen and oxygen atoms in total. The molecule has 0 aromatic heterocycles. The Labute approximate surface area is 316 Å². The molecule has 8 N–H and O–H groups in total. The molecule has 0 amide bonds. The number of anilines is 2. The average Bonchev–Trinajstić information content (AvgIpc) is 3.68. The van der Waals surface area contributed by atoms with Crippen LogP contribution >= 0.6 is 24.8 Å². The van der Waals surface area contributed by atoms with Gasteiger partial charge in [-0.2, -0.15) is 0 Å². The fourth-order valence-corrected chi connectivity index (χ4v) is 6.84. The number of aromatic hydroxyl groups is 2. The number of nitrogens with one attached hydrogen (secondary N) is 4. The number of hydrogen-bond acceptors (Lipinski definition) is 13. The summed E-state index contributed by atoms with van der Waals surface area (Å²) in [6.07, 6.45) is 6.25. The maximum Gasteiger partial charge on any atom is 0.334 e. The van der Waals surface area contributed by atoms with E-state index < -0.39 is 11.6 Å². The molecule has 0 spiro atoms. The minimum Gasteiger partial charge on any atom is -0.507 e. The van der Waals surface area contributed by atoms with Crippen molar-refractivity contribution in [1.29, 1.82) is 0 Å². The Balaban J connectivity index is 0.000000309. The summed E-state index contributed by atoms with van der Waals surface area (Å²) in [7, 11) is 0. The first-order valence-corrected chi connectivity index (χ1v) is 17.2. The van der Waals surface area contributed by atoms with Crippen LogP contribution in [0.2, 0.25) is 0 Å². The molecule has 2 heterocycles. The molecular weight excluding hydrogens is 715 g/mol. The zero-order valence-electron chi connectivity index (χ0n) is 29.5. The molecule has 2 aliphatic carbocycles. The topological polar surface area (TPSA) is 202 Å². The van der Waals surface area contributed by atoms with Crippen molar-refractivity contribution < 1.29 is 44.3 Å². The van der Waals surface area contributed by atoms with Crippen molar-refractivity contribution in [3.8, 4) is 11.5 Å². The first-order chi connectivity index (χ1) is 24.0. The molecule has 2 aliphatic heterocycles. The van der Waals surface area contributed by atoms with Gasteiger partial charge in [0.25, 0.3) is 0 Å². The number of hydrogen-bond donors (Lipinski definition) is 8. The van der Waals surface area contributed by atoms with Gasteiger partial charge in [0.1, 0.15) is 23.7 Å². The molecule has 4 aliphatic rings. The van der Waals surface area contributed by atoms with Crippen molar-refractivity contribution in [2.75, 3.05) is 63.1 Å². The van der Waals surface area contributed by atoms with E-state index in [0.29, 0.717) is 56.2 Å². The molecule has 0 bridgehead atoms. The Kier molecular flexibility index (Phi) is 15.5. The number of phenols is 2. The van der Waals surface area contributed by atoms with Gasteiger partial charge in [0.2, 0.25) is 11.6 Å². The Morgan fingerprint density at radius 2 is 1.33 bits per heavy atom. The first kappa shape index (κ1) is 42.7. The number of ether oxygens (including phenoxy) is 2. The number of halogens is 2. The van der Waals surface area contributed by atoms with E-state index >= 15 is 0 Å². The van der Waals surface area contributed by atoms with Crippen molar-refractivity contribution in [2.24, 2.45) is 5.92 Å². The van der Waals surface area contributed by atoms with Crippen LogP contribution in [0.4, 0.5) is 11.4 Å². The van der Waals surface area contributed by atoms with Gasteiger partial charge in [-0.1, -0.05) is 18.2 Å². The molecular formula is C37H50Cl2N4O9. The van der Waals surface area contributed by atoms with E-state index in [1.165, 1.54) is 17.7 Å². The third kappa shape index (κ3) is 9.26. The monoisotopic (exact) mass is 764 g/mol. The zero-order chi connectivity index (χ0) is 36.0. The van der Waals surface area contributed by atoms with Gasteiger partial charge in [-0.3, -0.25) is 9.59 Å². The normalized spacial score (nSPS) is 22.8. The summed E-state index contributed by atoms with van der Waals surface area (Å²) in [5, 5.41) is 50.6. The van der Waals surface area contributed by atoms with Crippen LogP contribution in [-0.4, -0.2) is 108 Å². The molecule has 52 heavy (non-hydrogen) atoms. The van der Waals surface area contributed by atoms with Gasteiger partial charge in [-0.25, -0.2) is 4.79 Å². The molecule has 4 unspecified atom stereocenters. The summed E-state index contributed by atoms with van der Waals surface area (Å²) in [6, 6.07) is 5.74. The van der Waals surface area contributed by atoms with Gasteiger partial charge in [0.05, 0.1) is 41.1 Å². The third-order valence-electron chi connectivity index (χ3n) is 9.66. The fourth-order valence-electron chi connectivity index (χ4n) is 6.84. The minimum atomic E-state index is -0.559. The molecule has 2 aromatic rings. The second-order valence-electron chi connectivity index (χ2n) is 13.2. The highest BCUT2D eigenvalue weighted by Crippen LogP contribution is 2.50. The van der Waals surface area contributed by atoms with Gasteiger partial charge in [-0.15, -0.1) is 24.8 Å². The highest BCUT2D eigenvalue weighted by molar-refractivity contribution is 6.33. The average molecular weight is 766 g/mol. The van der Waals surface area contributed by atoms with Crippen LogP contribution in [0.15, 0.2) is 48.1 Å². The number of carbonyl (C=O) groups excluding carboxylic acids is 3. The largest absolute Gasteiger partial charge is 0.507 e. The fraction of sp³-hybridized carbons (Fsp3) is 0.486. The summed E-state index contributed by atoms with van der Waals surface area (Å²) in [4.78, 5) is 38.4. The lowest BCUT2D eigenvalue weighted by Gasteiger charge is -2.25. The van der Waals surface area contributed by atoms with Crippen molar-refractivity contribution in [3.05, 3.63) is 70.3 Å². The maximum absolute atomic E-state index is 13.4. The van der Waals surface area contributed by atoms with Crippen molar-refractivity contribution >= 4 is 53.7 Å². The molecule has 2 fully saturated rings.